The van der Waals surface area contributed by atoms with Crippen LogP contribution in [-0.2, 0) is 12.8 Å². The van der Waals surface area contributed by atoms with E-state index in [0.29, 0.717) is 17.9 Å². The number of anilines is 1. The van der Waals surface area contributed by atoms with E-state index >= 15 is 0 Å². The Balaban J connectivity index is 2.26. The van der Waals surface area contributed by atoms with Gasteiger partial charge in [-0.3, -0.25) is 4.79 Å². The number of hydrogen-bond donors (Lipinski definition) is 3. The fourth-order valence-electron chi connectivity index (χ4n) is 2.33. The number of rotatable bonds is 5. The standard InChI is InChI=1S/C14H22N4O/c1-2-10(15)8-17-14-11(13(16)19)7-9-5-3-4-6-12(9)18-14/h7,10H,2-6,8,15H2,1H3,(H2,16,19)(H,17,18). The number of nitrogens with zero attached hydrogens (tertiary/aromatic N) is 1. The zero-order chi connectivity index (χ0) is 13.8. The predicted octanol–water partition coefficient (Wildman–Crippen LogP) is 1.21. The lowest BCUT2D eigenvalue weighted by atomic mass is 9.94. The van der Waals surface area contributed by atoms with E-state index in [9.17, 15) is 4.79 Å². The largest absolute Gasteiger partial charge is 0.368 e. The molecule has 1 atom stereocenters. The van der Waals surface area contributed by atoms with Crippen LogP contribution in [0.1, 0.15) is 47.8 Å². The Hall–Kier alpha value is -1.62. The van der Waals surface area contributed by atoms with Crippen LogP contribution in [0, 0.1) is 0 Å². The molecule has 1 aliphatic carbocycles. The maximum atomic E-state index is 11.5. The van der Waals surface area contributed by atoms with Crippen molar-refractivity contribution in [2.45, 2.75) is 45.1 Å². The summed E-state index contributed by atoms with van der Waals surface area (Å²) in [6, 6.07) is 1.95. The van der Waals surface area contributed by atoms with E-state index in [4.69, 9.17) is 11.5 Å². The van der Waals surface area contributed by atoms with Crippen LogP contribution < -0.4 is 16.8 Å². The van der Waals surface area contributed by atoms with E-state index in [2.05, 4.69) is 10.3 Å². The third-order valence-electron chi connectivity index (χ3n) is 3.62. The highest BCUT2D eigenvalue weighted by Gasteiger charge is 2.17. The zero-order valence-corrected chi connectivity index (χ0v) is 11.4. The van der Waals surface area contributed by atoms with Crippen molar-refractivity contribution >= 4 is 11.7 Å². The topological polar surface area (TPSA) is 94.0 Å². The van der Waals surface area contributed by atoms with E-state index in [-0.39, 0.29) is 6.04 Å². The highest BCUT2D eigenvalue weighted by atomic mass is 16.1. The highest BCUT2D eigenvalue weighted by molar-refractivity contribution is 5.97. The monoisotopic (exact) mass is 262 g/mol. The summed E-state index contributed by atoms with van der Waals surface area (Å²) in [6.45, 7) is 2.63. The van der Waals surface area contributed by atoms with Crippen LogP contribution in [0.2, 0.25) is 0 Å². The van der Waals surface area contributed by atoms with E-state index in [1.165, 1.54) is 0 Å². The van der Waals surface area contributed by atoms with E-state index in [1.807, 2.05) is 13.0 Å². The summed E-state index contributed by atoms with van der Waals surface area (Å²) in [6.07, 6.45) is 5.15. The van der Waals surface area contributed by atoms with Crippen molar-refractivity contribution < 1.29 is 4.79 Å². The molecule has 1 unspecified atom stereocenters. The lowest BCUT2D eigenvalue weighted by Crippen LogP contribution is -2.29. The van der Waals surface area contributed by atoms with Gasteiger partial charge in [0.05, 0.1) is 5.56 Å². The molecule has 0 saturated carbocycles. The molecule has 0 aromatic carbocycles. The molecule has 1 aromatic rings. The molecule has 0 radical (unpaired) electrons. The van der Waals surface area contributed by atoms with Crippen LogP contribution in [0.25, 0.3) is 0 Å². The molecule has 5 heteroatoms. The van der Waals surface area contributed by atoms with Crippen molar-refractivity contribution in [3.8, 4) is 0 Å². The number of pyridine rings is 1. The molecule has 0 spiro atoms. The molecule has 19 heavy (non-hydrogen) atoms. The fraction of sp³-hybridized carbons (Fsp3) is 0.571. The number of hydrogen-bond acceptors (Lipinski definition) is 4. The Bertz CT molecular complexity index is 473. The van der Waals surface area contributed by atoms with Crippen molar-refractivity contribution in [1.29, 1.82) is 0 Å². The first-order valence-electron chi connectivity index (χ1n) is 6.93. The van der Waals surface area contributed by atoms with Gasteiger partial charge in [-0.2, -0.15) is 0 Å². The Labute approximate surface area is 113 Å². The Morgan fingerprint density at radius 2 is 2.21 bits per heavy atom. The quantitative estimate of drug-likeness (QED) is 0.743. The summed E-state index contributed by atoms with van der Waals surface area (Å²) >= 11 is 0. The molecule has 5 nitrogen and oxygen atoms in total. The fourth-order valence-corrected chi connectivity index (χ4v) is 2.33. The third-order valence-corrected chi connectivity index (χ3v) is 3.62. The Morgan fingerprint density at radius 1 is 1.47 bits per heavy atom. The summed E-state index contributed by atoms with van der Waals surface area (Å²) in [5, 5.41) is 3.16. The molecule has 1 amide bonds. The van der Waals surface area contributed by atoms with Gasteiger partial charge in [-0.25, -0.2) is 4.98 Å². The minimum absolute atomic E-state index is 0.0542. The average molecular weight is 262 g/mol. The summed E-state index contributed by atoms with van der Waals surface area (Å²) < 4.78 is 0. The molecule has 0 fully saturated rings. The summed E-state index contributed by atoms with van der Waals surface area (Å²) in [4.78, 5) is 16.1. The number of nitrogens with one attached hydrogen (secondary N) is 1. The lowest BCUT2D eigenvalue weighted by Gasteiger charge is -2.19. The molecule has 2 rings (SSSR count). The maximum Gasteiger partial charge on any atom is 0.252 e. The molecule has 5 N–H and O–H groups in total. The lowest BCUT2D eigenvalue weighted by molar-refractivity contribution is 0.100. The van der Waals surface area contributed by atoms with Crippen molar-refractivity contribution in [2.24, 2.45) is 11.5 Å². The molecule has 0 saturated heterocycles. The summed E-state index contributed by atoms with van der Waals surface area (Å²) in [5.74, 6) is 0.144. The number of aromatic nitrogens is 1. The van der Waals surface area contributed by atoms with Crippen molar-refractivity contribution in [3.63, 3.8) is 0 Å². The first kappa shape index (κ1) is 13.8. The number of amides is 1. The van der Waals surface area contributed by atoms with Crippen LogP contribution in [-0.4, -0.2) is 23.5 Å². The zero-order valence-electron chi connectivity index (χ0n) is 11.4. The molecule has 1 aromatic heterocycles. The van der Waals surface area contributed by atoms with Crippen LogP contribution in [0.3, 0.4) is 0 Å². The molecule has 0 bridgehead atoms. The van der Waals surface area contributed by atoms with Gasteiger partial charge in [0.2, 0.25) is 0 Å². The summed E-state index contributed by atoms with van der Waals surface area (Å²) in [5.41, 5.74) is 14.0. The number of carbonyl (C=O) groups is 1. The third kappa shape index (κ3) is 3.23. The number of fused-ring (bicyclic) bond motifs is 1. The minimum Gasteiger partial charge on any atom is -0.368 e. The van der Waals surface area contributed by atoms with Gasteiger partial charge in [-0.15, -0.1) is 0 Å². The van der Waals surface area contributed by atoms with E-state index in [0.717, 1.165) is 43.4 Å². The number of nitrogens with two attached hydrogens (primary N) is 2. The normalized spacial score (nSPS) is 15.7. The SMILES string of the molecule is CCC(N)CNc1nc2c(cc1C(N)=O)CCCC2. The Kier molecular flexibility index (Phi) is 4.37. The molecular formula is C14H22N4O. The predicted molar refractivity (Wildman–Crippen MR) is 76.2 cm³/mol. The van der Waals surface area contributed by atoms with Crippen molar-refractivity contribution in [3.05, 3.63) is 22.9 Å². The second kappa shape index (κ2) is 6.02. The van der Waals surface area contributed by atoms with Gasteiger partial charge >= 0.3 is 0 Å². The van der Waals surface area contributed by atoms with Crippen molar-refractivity contribution in [1.82, 2.24) is 4.98 Å². The highest BCUT2D eigenvalue weighted by Crippen LogP contribution is 2.24. The number of aryl methyl sites for hydroxylation is 2. The van der Waals surface area contributed by atoms with Crippen LogP contribution in [0.5, 0.6) is 0 Å². The second-order valence-electron chi connectivity index (χ2n) is 5.11. The molecule has 104 valence electrons. The maximum absolute atomic E-state index is 11.5. The van der Waals surface area contributed by atoms with Crippen LogP contribution >= 0.6 is 0 Å². The van der Waals surface area contributed by atoms with E-state index < -0.39 is 5.91 Å². The number of primary amides is 1. The second-order valence-corrected chi connectivity index (χ2v) is 5.11. The Morgan fingerprint density at radius 3 is 2.89 bits per heavy atom. The first-order valence-corrected chi connectivity index (χ1v) is 6.93. The van der Waals surface area contributed by atoms with Crippen LogP contribution in [0.15, 0.2) is 6.07 Å². The smallest absolute Gasteiger partial charge is 0.252 e. The van der Waals surface area contributed by atoms with Gasteiger partial charge in [-0.05, 0) is 43.7 Å². The van der Waals surface area contributed by atoms with Crippen molar-refractivity contribution in [2.75, 3.05) is 11.9 Å². The van der Waals surface area contributed by atoms with Gasteiger partial charge in [0.25, 0.3) is 5.91 Å². The van der Waals surface area contributed by atoms with Gasteiger partial charge < -0.3 is 16.8 Å². The minimum atomic E-state index is -0.437. The molecule has 0 aliphatic heterocycles. The number of carbonyl (C=O) groups excluding carboxylic acids is 1. The van der Waals surface area contributed by atoms with Crippen LogP contribution in [0.4, 0.5) is 5.82 Å². The molecule has 1 aliphatic rings. The molecule has 1 heterocycles. The summed E-state index contributed by atoms with van der Waals surface area (Å²) in [7, 11) is 0. The average Bonchev–Trinajstić information content (AvgIpc) is 2.43. The van der Waals surface area contributed by atoms with Gasteiger partial charge in [0.15, 0.2) is 0 Å². The first-order chi connectivity index (χ1) is 9.11. The van der Waals surface area contributed by atoms with Gasteiger partial charge in [0, 0.05) is 18.3 Å². The van der Waals surface area contributed by atoms with Gasteiger partial charge in [-0.1, -0.05) is 6.92 Å². The van der Waals surface area contributed by atoms with Gasteiger partial charge in [0.1, 0.15) is 5.82 Å². The molecular weight excluding hydrogens is 240 g/mol. The van der Waals surface area contributed by atoms with E-state index in [1.54, 1.807) is 0 Å².